The van der Waals surface area contributed by atoms with Crippen LogP contribution >= 0.6 is 0 Å². The smallest absolute Gasteiger partial charge is 0.277 e. The Hall–Kier alpha value is -3.14. The number of rotatable bonds is 0. The van der Waals surface area contributed by atoms with Gasteiger partial charge in [0.05, 0.1) is 0 Å². The van der Waals surface area contributed by atoms with Crippen molar-refractivity contribution < 1.29 is 4.79 Å². The molecule has 1 saturated carbocycles. The van der Waals surface area contributed by atoms with Crippen molar-refractivity contribution in [3.63, 3.8) is 0 Å². The monoisotopic (exact) mass is 361 g/mol. The van der Waals surface area contributed by atoms with E-state index in [-0.39, 0.29) is 11.5 Å². The molecule has 2 aromatic rings. The predicted molar refractivity (Wildman–Crippen MR) is 99.0 cm³/mol. The maximum absolute atomic E-state index is 13.5. The van der Waals surface area contributed by atoms with E-state index in [1.807, 2.05) is 13.0 Å². The topological polar surface area (TPSA) is 99.8 Å². The van der Waals surface area contributed by atoms with Crippen LogP contribution < -0.4 is 16.2 Å². The number of pyridine rings is 2. The molecule has 136 valence electrons. The van der Waals surface area contributed by atoms with Gasteiger partial charge in [0.2, 0.25) is 0 Å². The van der Waals surface area contributed by atoms with E-state index >= 15 is 0 Å². The second kappa shape index (κ2) is 5.43. The van der Waals surface area contributed by atoms with Gasteiger partial charge in [0, 0.05) is 18.3 Å². The molecule has 1 spiro atoms. The first-order valence-electron chi connectivity index (χ1n) is 9.31. The number of hydrogen-bond donors (Lipinski definition) is 2. The highest BCUT2D eigenvalue weighted by atomic mass is 16.2. The molecule has 3 aliphatic rings. The number of carbonyl (C=O) groups is 1. The van der Waals surface area contributed by atoms with Gasteiger partial charge in [-0.15, -0.1) is 0 Å². The molecule has 0 aromatic carbocycles. The summed E-state index contributed by atoms with van der Waals surface area (Å²) in [6, 6.07) is 3.70. The maximum atomic E-state index is 13.5. The Kier molecular flexibility index (Phi) is 3.23. The summed E-state index contributed by atoms with van der Waals surface area (Å²) >= 11 is 0. The standard InChI is InChI=1S/C20H19N5O2/c1-11-14-7-12-10-22-13(9-21)8-15(12)23-16(14)19(27)25-17(11)18(26)24-20(25)5-3-2-4-6-20/h8,10,23H,2-7H2,1H3,(H,24,26). The van der Waals surface area contributed by atoms with E-state index < -0.39 is 5.66 Å². The molecule has 0 atom stereocenters. The van der Waals surface area contributed by atoms with Crippen LogP contribution in [0.3, 0.4) is 0 Å². The Bertz CT molecular complexity index is 1100. The summed E-state index contributed by atoms with van der Waals surface area (Å²) in [6.45, 7) is 1.91. The van der Waals surface area contributed by atoms with Crippen LogP contribution in [-0.4, -0.2) is 15.5 Å². The maximum Gasteiger partial charge on any atom is 0.277 e. The van der Waals surface area contributed by atoms with Crippen LogP contribution in [0.25, 0.3) is 0 Å². The van der Waals surface area contributed by atoms with Gasteiger partial charge in [-0.25, -0.2) is 4.98 Å². The van der Waals surface area contributed by atoms with Gasteiger partial charge in [-0.3, -0.25) is 14.2 Å². The van der Waals surface area contributed by atoms with E-state index in [0.29, 0.717) is 23.5 Å². The fraction of sp³-hybridized carbons (Fsp3) is 0.400. The highest BCUT2D eigenvalue weighted by Crippen LogP contribution is 2.40. The minimum Gasteiger partial charge on any atom is -0.350 e. The van der Waals surface area contributed by atoms with Gasteiger partial charge in [0.15, 0.2) is 0 Å². The molecule has 1 amide bonds. The molecule has 5 rings (SSSR count). The number of fused-ring (bicyclic) bond motifs is 4. The van der Waals surface area contributed by atoms with E-state index in [1.54, 1.807) is 16.8 Å². The molecule has 7 nitrogen and oxygen atoms in total. The lowest BCUT2D eigenvalue weighted by Gasteiger charge is -2.36. The van der Waals surface area contributed by atoms with Crippen molar-refractivity contribution in [3.05, 3.63) is 50.7 Å². The average molecular weight is 361 g/mol. The van der Waals surface area contributed by atoms with E-state index in [9.17, 15) is 9.59 Å². The third-order valence-corrected chi connectivity index (χ3v) is 6.15. The van der Waals surface area contributed by atoms with Gasteiger partial charge >= 0.3 is 0 Å². The highest BCUT2D eigenvalue weighted by molar-refractivity contribution is 5.98. The highest BCUT2D eigenvalue weighted by Gasteiger charge is 2.46. The zero-order valence-electron chi connectivity index (χ0n) is 15.1. The van der Waals surface area contributed by atoms with Crippen molar-refractivity contribution in [3.8, 4) is 6.07 Å². The van der Waals surface area contributed by atoms with Crippen LogP contribution in [-0.2, 0) is 12.1 Å². The zero-order chi connectivity index (χ0) is 18.8. The summed E-state index contributed by atoms with van der Waals surface area (Å²) in [5.41, 5.74) is 3.89. The van der Waals surface area contributed by atoms with Crippen LogP contribution in [0, 0.1) is 18.3 Å². The van der Waals surface area contributed by atoms with Gasteiger partial charge in [-0.05, 0) is 55.4 Å². The van der Waals surface area contributed by atoms with Gasteiger partial charge in [0.1, 0.15) is 28.8 Å². The lowest BCUT2D eigenvalue weighted by atomic mass is 9.88. The number of amides is 1. The number of anilines is 2. The lowest BCUT2D eigenvalue weighted by molar-refractivity contribution is 0.0876. The molecule has 2 N–H and O–H groups in total. The SMILES string of the molecule is Cc1c2c(c(=O)n3c1C(=O)NC31CCCCC1)Nc1cc(C#N)ncc1C2. The van der Waals surface area contributed by atoms with E-state index in [4.69, 9.17) is 5.26 Å². The number of nitrogens with zero attached hydrogens (tertiary/aromatic N) is 3. The fourth-order valence-electron chi connectivity index (χ4n) is 4.81. The van der Waals surface area contributed by atoms with E-state index in [0.717, 1.165) is 54.5 Å². The minimum absolute atomic E-state index is 0.155. The molecule has 1 fully saturated rings. The Morgan fingerprint density at radius 2 is 2.04 bits per heavy atom. The molecular weight excluding hydrogens is 342 g/mol. The first kappa shape index (κ1) is 16.1. The zero-order valence-corrected chi connectivity index (χ0v) is 15.1. The van der Waals surface area contributed by atoms with Gasteiger partial charge in [-0.2, -0.15) is 5.26 Å². The summed E-state index contributed by atoms with van der Waals surface area (Å²) in [5, 5.41) is 15.5. The lowest BCUT2D eigenvalue weighted by Crippen LogP contribution is -2.49. The van der Waals surface area contributed by atoms with Crippen LogP contribution in [0.4, 0.5) is 11.4 Å². The van der Waals surface area contributed by atoms with Crippen molar-refractivity contribution in [1.82, 2.24) is 14.9 Å². The van der Waals surface area contributed by atoms with E-state index in [2.05, 4.69) is 15.6 Å². The Morgan fingerprint density at radius 1 is 1.26 bits per heavy atom. The average Bonchev–Trinajstić information content (AvgIpc) is 2.96. The van der Waals surface area contributed by atoms with Crippen LogP contribution in [0.1, 0.15) is 65.0 Å². The van der Waals surface area contributed by atoms with Crippen LogP contribution in [0.5, 0.6) is 0 Å². The predicted octanol–water partition coefficient (Wildman–Crippen LogP) is 2.43. The van der Waals surface area contributed by atoms with Gasteiger partial charge in [-0.1, -0.05) is 6.42 Å². The Morgan fingerprint density at radius 3 is 2.78 bits per heavy atom. The summed E-state index contributed by atoms with van der Waals surface area (Å²) in [4.78, 5) is 30.4. The minimum atomic E-state index is -0.598. The molecule has 4 heterocycles. The molecule has 27 heavy (non-hydrogen) atoms. The van der Waals surface area contributed by atoms with Gasteiger partial charge in [0.25, 0.3) is 11.5 Å². The molecule has 0 radical (unpaired) electrons. The van der Waals surface area contributed by atoms with Crippen molar-refractivity contribution in [2.45, 2.75) is 51.1 Å². The first-order valence-corrected chi connectivity index (χ1v) is 9.31. The summed E-state index contributed by atoms with van der Waals surface area (Å²) in [7, 11) is 0. The molecule has 0 unspecified atom stereocenters. The van der Waals surface area contributed by atoms with Crippen molar-refractivity contribution in [1.29, 1.82) is 5.26 Å². The summed E-state index contributed by atoms with van der Waals surface area (Å²) < 4.78 is 1.70. The second-order valence-electron chi connectivity index (χ2n) is 7.65. The first-order chi connectivity index (χ1) is 13.0. The Labute approximate surface area is 156 Å². The second-order valence-corrected chi connectivity index (χ2v) is 7.65. The normalized spacial score (nSPS) is 18.7. The molecule has 1 aliphatic carbocycles. The largest absolute Gasteiger partial charge is 0.350 e. The van der Waals surface area contributed by atoms with Crippen molar-refractivity contribution >= 4 is 17.3 Å². The fourth-order valence-corrected chi connectivity index (χ4v) is 4.81. The molecule has 7 heteroatoms. The number of aromatic nitrogens is 2. The van der Waals surface area contributed by atoms with Crippen LogP contribution in [0.15, 0.2) is 17.1 Å². The number of nitriles is 1. The van der Waals surface area contributed by atoms with E-state index in [1.165, 1.54) is 0 Å². The molecule has 0 saturated heterocycles. The number of carbonyl (C=O) groups excluding carboxylic acids is 1. The number of nitrogens with one attached hydrogen (secondary N) is 2. The molecule has 0 bridgehead atoms. The molecule has 2 aromatic heterocycles. The van der Waals surface area contributed by atoms with Crippen molar-refractivity contribution in [2.75, 3.05) is 5.32 Å². The number of hydrogen-bond acceptors (Lipinski definition) is 5. The van der Waals surface area contributed by atoms with Crippen molar-refractivity contribution in [2.24, 2.45) is 0 Å². The third-order valence-electron chi connectivity index (χ3n) is 6.15. The quantitative estimate of drug-likeness (QED) is 0.641. The Balaban J connectivity index is 1.73. The molecular formula is C20H19N5O2. The summed E-state index contributed by atoms with van der Waals surface area (Å²) in [5.74, 6) is -0.155. The third kappa shape index (κ3) is 2.10. The molecule has 2 aliphatic heterocycles. The van der Waals surface area contributed by atoms with Gasteiger partial charge < -0.3 is 10.6 Å². The summed E-state index contributed by atoms with van der Waals surface area (Å²) in [6.07, 6.45) is 6.86. The van der Waals surface area contributed by atoms with Crippen LogP contribution in [0.2, 0.25) is 0 Å².